The molecule has 2 aromatic heterocycles. The Hall–Kier alpha value is -1.88. The van der Waals surface area contributed by atoms with Crippen molar-refractivity contribution in [2.45, 2.75) is 13.3 Å². The van der Waals surface area contributed by atoms with Gasteiger partial charge in [-0.3, -0.25) is 10.2 Å². The van der Waals surface area contributed by atoms with Gasteiger partial charge in [-0.1, -0.05) is 6.07 Å². The first kappa shape index (κ1) is 9.67. The third-order valence-electron chi connectivity index (χ3n) is 2.23. The number of hydrazine groups is 1. The zero-order valence-corrected chi connectivity index (χ0v) is 8.40. The molecule has 1 amide bonds. The Kier molecular flexibility index (Phi) is 2.39. The number of pyridine rings is 1. The highest BCUT2D eigenvalue weighted by Gasteiger charge is 2.06. The van der Waals surface area contributed by atoms with E-state index in [0.29, 0.717) is 5.69 Å². The van der Waals surface area contributed by atoms with Crippen LogP contribution in [0.25, 0.3) is 5.65 Å². The third kappa shape index (κ3) is 1.82. The van der Waals surface area contributed by atoms with E-state index in [-0.39, 0.29) is 12.3 Å². The van der Waals surface area contributed by atoms with Gasteiger partial charge >= 0.3 is 0 Å². The van der Waals surface area contributed by atoms with Crippen LogP contribution in [0.1, 0.15) is 11.3 Å². The van der Waals surface area contributed by atoms with Crippen molar-refractivity contribution in [3.05, 3.63) is 35.8 Å². The fourth-order valence-corrected chi connectivity index (χ4v) is 1.51. The van der Waals surface area contributed by atoms with E-state index < -0.39 is 0 Å². The summed E-state index contributed by atoms with van der Waals surface area (Å²) in [7, 11) is 0. The van der Waals surface area contributed by atoms with Crippen LogP contribution in [0, 0.1) is 6.92 Å². The summed E-state index contributed by atoms with van der Waals surface area (Å²) in [5.74, 6) is 4.77. The predicted molar refractivity (Wildman–Crippen MR) is 56.0 cm³/mol. The maximum Gasteiger partial charge on any atom is 0.239 e. The first-order valence-electron chi connectivity index (χ1n) is 4.63. The summed E-state index contributed by atoms with van der Waals surface area (Å²) in [6.07, 6.45) is 3.94. The highest BCUT2D eigenvalue weighted by molar-refractivity contribution is 5.77. The number of fused-ring (bicyclic) bond motifs is 1. The lowest BCUT2D eigenvalue weighted by molar-refractivity contribution is -0.120. The van der Waals surface area contributed by atoms with E-state index in [1.807, 2.05) is 35.9 Å². The topological polar surface area (TPSA) is 72.4 Å². The Morgan fingerprint density at radius 2 is 2.47 bits per heavy atom. The number of nitrogens with zero attached hydrogens (tertiary/aromatic N) is 2. The van der Waals surface area contributed by atoms with Crippen LogP contribution in [0.5, 0.6) is 0 Å². The van der Waals surface area contributed by atoms with Gasteiger partial charge in [-0.2, -0.15) is 0 Å². The summed E-state index contributed by atoms with van der Waals surface area (Å²) in [4.78, 5) is 15.4. The highest BCUT2D eigenvalue weighted by Crippen LogP contribution is 2.09. The average Bonchev–Trinajstić information content (AvgIpc) is 2.62. The van der Waals surface area contributed by atoms with Gasteiger partial charge in [0, 0.05) is 12.4 Å². The largest absolute Gasteiger partial charge is 0.307 e. The fourth-order valence-electron chi connectivity index (χ4n) is 1.51. The van der Waals surface area contributed by atoms with Crippen molar-refractivity contribution in [2.75, 3.05) is 0 Å². The first-order chi connectivity index (χ1) is 7.20. The molecular formula is C10H12N4O. The molecule has 0 saturated heterocycles. The molecular weight excluding hydrogens is 192 g/mol. The van der Waals surface area contributed by atoms with Gasteiger partial charge in [-0.15, -0.1) is 0 Å². The zero-order chi connectivity index (χ0) is 10.8. The van der Waals surface area contributed by atoms with Gasteiger partial charge in [0.25, 0.3) is 0 Å². The second-order valence-corrected chi connectivity index (χ2v) is 3.40. The molecule has 0 aliphatic heterocycles. The molecule has 15 heavy (non-hydrogen) atoms. The molecule has 0 unspecified atom stereocenters. The molecule has 2 rings (SSSR count). The van der Waals surface area contributed by atoms with Crippen LogP contribution >= 0.6 is 0 Å². The molecule has 0 radical (unpaired) electrons. The molecule has 3 N–H and O–H groups in total. The standard InChI is InChI=1S/C10H12N4O/c1-7-3-2-4-14-6-8(12-10(7)14)5-9(15)13-11/h2-4,6H,5,11H2,1H3,(H,13,15). The minimum Gasteiger partial charge on any atom is -0.307 e. The van der Waals surface area contributed by atoms with E-state index in [1.165, 1.54) is 0 Å². The van der Waals surface area contributed by atoms with E-state index >= 15 is 0 Å². The van der Waals surface area contributed by atoms with Gasteiger partial charge in [0.1, 0.15) is 5.65 Å². The molecule has 0 atom stereocenters. The molecule has 0 saturated carbocycles. The van der Waals surface area contributed by atoms with Crippen molar-refractivity contribution in [1.82, 2.24) is 14.8 Å². The molecule has 5 nitrogen and oxygen atoms in total. The summed E-state index contributed by atoms with van der Waals surface area (Å²) < 4.78 is 1.90. The van der Waals surface area contributed by atoms with Gasteiger partial charge < -0.3 is 4.40 Å². The smallest absolute Gasteiger partial charge is 0.239 e. The predicted octanol–water partition coefficient (Wildman–Crippen LogP) is 0.175. The summed E-state index contributed by atoms with van der Waals surface area (Å²) in [5.41, 5.74) is 4.75. The average molecular weight is 204 g/mol. The molecule has 0 spiro atoms. The summed E-state index contributed by atoms with van der Waals surface area (Å²) in [6.45, 7) is 1.98. The molecule has 0 fully saturated rings. The summed E-state index contributed by atoms with van der Waals surface area (Å²) >= 11 is 0. The number of amides is 1. The van der Waals surface area contributed by atoms with E-state index in [4.69, 9.17) is 5.84 Å². The molecule has 2 heterocycles. The normalized spacial score (nSPS) is 10.5. The van der Waals surface area contributed by atoms with Crippen LogP contribution < -0.4 is 11.3 Å². The Bertz CT molecular complexity index is 503. The van der Waals surface area contributed by atoms with E-state index in [2.05, 4.69) is 10.4 Å². The Labute approximate surface area is 86.9 Å². The summed E-state index contributed by atoms with van der Waals surface area (Å²) in [6, 6.07) is 3.92. The molecule has 5 heteroatoms. The Morgan fingerprint density at radius 1 is 1.67 bits per heavy atom. The monoisotopic (exact) mass is 204 g/mol. The van der Waals surface area contributed by atoms with Gasteiger partial charge in [-0.25, -0.2) is 10.8 Å². The van der Waals surface area contributed by atoms with E-state index in [9.17, 15) is 4.79 Å². The zero-order valence-electron chi connectivity index (χ0n) is 8.40. The molecule has 78 valence electrons. The van der Waals surface area contributed by atoms with Crippen LogP contribution in [0.2, 0.25) is 0 Å². The minimum absolute atomic E-state index is 0.206. The van der Waals surface area contributed by atoms with Crippen LogP contribution in [-0.2, 0) is 11.2 Å². The molecule has 0 bridgehead atoms. The van der Waals surface area contributed by atoms with Crippen molar-refractivity contribution < 1.29 is 4.79 Å². The van der Waals surface area contributed by atoms with Crippen molar-refractivity contribution in [1.29, 1.82) is 0 Å². The third-order valence-corrected chi connectivity index (χ3v) is 2.23. The van der Waals surface area contributed by atoms with Crippen LogP contribution in [-0.4, -0.2) is 15.3 Å². The van der Waals surface area contributed by atoms with Gasteiger partial charge in [0.15, 0.2) is 0 Å². The van der Waals surface area contributed by atoms with Gasteiger partial charge in [0.05, 0.1) is 12.1 Å². The number of carbonyl (C=O) groups excluding carboxylic acids is 1. The van der Waals surface area contributed by atoms with E-state index in [1.54, 1.807) is 0 Å². The fraction of sp³-hybridized carbons (Fsp3) is 0.200. The SMILES string of the molecule is Cc1cccn2cc(CC(=O)NN)nc12. The number of hydrogen-bond donors (Lipinski definition) is 2. The first-order valence-corrected chi connectivity index (χ1v) is 4.63. The van der Waals surface area contributed by atoms with Gasteiger partial charge in [0.2, 0.25) is 5.91 Å². The number of imidazole rings is 1. The molecule has 0 aliphatic rings. The number of aromatic nitrogens is 2. The summed E-state index contributed by atoms with van der Waals surface area (Å²) in [5, 5.41) is 0. The maximum atomic E-state index is 11.1. The Balaban J connectivity index is 2.39. The minimum atomic E-state index is -0.240. The van der Waals surface area contributed by atoms with Gasteiger partial charge in [-0.05, 0) is 18.6 Å². The maximum absolute atomic E-state index is 11.1. The van der Waals surface area contributed by atoms with Crippen LogP contribution in [0.3, 0.4) is 0 Å². The number of nitrogens with one attached hydrogen (secondary N) is 1. The van der Waals surface area contributed by atoms with Crippen molar-refractivity contribution >= 4 is 11.6 Å². The number of aryl methyl sites for hydroxylation is 1. The lowest BCUT2D eigenvalue weighted by Gasteiger charge is -1.94. The number of carbonyl (C=O) groups is 1. The molecule has 0 aromatic carbocycles. The second kappa shape index (κ2) is 3.70. The highest BCUT2D eigenvalue weighted by atomic mass is 16.2. The molecule has 0 aliphatic carbocycles. The quantitative estimate of drug-likeness (QED) is 0.416. The lowest BCUT2D eigenvalue weighted by atomic mass is 10.3. The van der Waals surface area contributed by atoms with Crippen LogP contribution in [0.15, 0.2) is 24.5 Å². The van der Waals surface area contributed by atoms with Crippen molar-refractivity contribution in [2.24, 2.45) is 5.84 Å². The van der Waals surface area contributed by atoms with E-state index in [0.717, 1.165) is 11.2 Å². The van der Waals surface area contributed by atoms with Crippen molar-refractivity contribution in [3.63, 3.8) is 0 Å². The lowest BCUT2D eigenvalue weighted by Crippen LogP contribution is -2.31. The number of nitrogens with two attached hydrogens (primary N) is 1. The number of rotatable bonds is 2. The Morgan fingerprint density at radius 3 is 3.13 bits per heavy atom. The second-order valence-electron chi connectivity index (χ2n) is 3.40. The van der Waals surface area contributed by atoms with Crippen LogP contribution in [0.4, 0.5) is 0 Å². The number of hydrogen-bond acceptors (Lipinski definition) is 3. The van der Waals surface area contributed by atoms with Crippen molar-refractivity contribution in [3.8, 4) is 0 Å². The molecule has 2 aromatic rings.